The average molecular weight is 397 g/mol. The van der Waals surface area contributed by atoms with Gasteiger partial charge in [-0.1, -0.05) is 38.1 Å². The molecule has 0 aliphatic rings. The summed E-state index contributed by atoms with van der Waals surface area (Å²) in [5, 5.41) is 11.0. The number of hydrogen-bond donors (Lipinski definition) is 3. The first-order chi connectivity index (χ1) is 13.5. The molecule has 1 aromatic carbocycles. The lowest BCUT2D eigenvalue weighted by Gasteiger charge is -2.30. The number of benzene rings is 1. The van der Waals surface area contributed by atoms with E-state index in [1.54, 1.807) is 13.1 Å². The summed E-state index contributed by atoms with van der Waals surface area (Å²) < 4.78 is 5.37. The summed E-state index contributed by atoms with van der Waals surface area (Å²) in [4.78, 5) is 16.2. The number of pyridine rings is 1. The van der Waals surface area contributed by atoms with Crippen molar-refractivity contribution in [3.05, 3.63) is 47.7 Å². The topological polar surface area (TPSA) is 101 Å². The SMILES string of the molecule is CCC(C)(CNC(=O)OC(C)(C)C)c1cccc(-c2ccnc(N)c2C(C)=N)c1. The summed E-state index contributed by atoms with van der Waals surface area (Å²) >= 11 is 0. The first-order valence-electron chi connectivity index (χ1n) is 9.84. The number of ether oxygens (including phenoxy) is 1. The Hall–Kier alpha value is -2.89. The summed E-state index contributed by atoms with van der Waals surface area (Å²) in [5.41, 5.74) is 9.19. The normalized spacial score (nSPS) is 13.4. The molecule has 6 heteroatoms. The maximum atomic E-state index is 12.1. The fourth-order valence-electron chi connectivity index (χ4n) is 3.19. The molecule has 1 atom stereocenters. The predicted octanol–water partition coefficient (Wildman–Crippen LogP) is 4.91. The number of carbonyl (C=O) groups excluding carboxylic acids is 1. The van der Waals surface area contributed by atoms with Gasteiger partial charge in [-0.15, -0.1) is 0 Å². The van der Waals surface area contributed by atoms with E-state index in [0.29, 0.717) is 23.6 Å². The van der Waals surface area contributed by atoms with Crippen LogP contribution in [0.15, 0.2) is 36.5 Å². The lowest BCUT2D eigenvalue weighted by atomic mass is 9.79. The molecule has 0 bridgehead atoms. The lowest BCUT2D eigenvalue weighted by molar-refractivity contribution is 0.0515. The van der Waals surface area contributed by atoms with Crippen LogP contribution < -0.4 is 11.1 Å². The zero-order valence-corrected chi connectivity index (χ0v) is 18.2. The van der Waals surface area contributed by atoms with Gasteiger partial charge in [0.2, 0.25) is 0 Å². The van der Waals surface area contributed by atoms with Gasteiger partial charge in [0.05, 0.1) is 0 Å². The first-order valence-corrected chi connectivity index (χ1v) is 9.84. The van der Waals surface area contributed by atoms with Crippen LogP contribution in [-0.4, -0.2) is 28.9 Å². The Morgan fingerprint density at radius 1 is 1.24 bits per heavy atom. The van der Waals surface area contributed by atoms with E-state index in [9.17, 15) is 4.79 Å². The molecule has 0 aliphatic heterocycles. The standard InChI is InChI=1S/C23H32N4O2/c1-7-23(6,14-27-21(28)29-22(3,4)5)17-10-8-9-16(13-17)18-11-12-26-20(25)19(18)15(2)24/h8-13,24H,7,14H2,1-6H3,(H2,25,26)(H,27,28). The molecule has 4 N–H and O–H groups in total. The molecule has 29 heavy (non-hydrogen) atoms. The average Bonchev–Trinajstić information content (AvgIpc) is 2.64. The van der Waals surface area contributed by atoms with Crippen molar-refractivity contribution in [3.8, 4) is 11.1 Å². The Bertz CT molecular complexity index is 902. The van der Waals surface area contributed by atoms with Gasteiger partial charge in [0.1, 0.15) is 11.4 Å². The fraction of sp³-hybridized carbons (Fsp3) is 0.435. The summed E-state index contributed by atoms with van der Waals surface area (Å²) in [5.74, 6) is 0.352. The van der Waals surface area contributed by atoms with Crippen molar-refractivity contribution in [1.82, 2.24) is 10.3 Å². The third-order valence-corrected chi connectivity index (χ3v) is 5.03. The molecule has 1 amide bonds. The van der Waals surface area contributed by atoms with Gasteiger partial charge in [-0.25, -0.2) is 9.78 Å². The van der Waals surface area contributed by atoms with E-state index in [1.165, 1.54) is 0 Å². The number of alkyl carbamates (subject to hydrolysis) is 1. The van der Waals surface area contributed by atoms with Crippen LogP contribution in [0, 0.1) is 5.41 Å². The van der Waals surface area contributed by atoms with Gasteiger partial charge in [-0.3, -0.25) is 0 Å². The molecule has 0 saturated carbocycles. The van der Waals surface area contributed by atoms with Gasteiger partial charge >= 0.3 is 6.09 Å². The van der Waals surface area contributed by atoms with Crippen LogP contribution in [0.25, 0.3) is 11.1 Å². The Kier molecular flexibility index (Phi) is 6.67. The second-order valence-corrected chi connectivity index (χ2v) is 8.59. The van der Waals surface area contributed by atoms with E-state index in [4.69, 9.17) is 15.9 Å². The molecule has 6 nitrogen and oxygen atoms in total. The molecular weight excluding hydrogens is 364 g/mol. The Labute approximate surface area is 173 Å². The zero-order valence-electron chi connectivity index (χ0n) is 18.2. The van der Waals surface area contributed by atoms with Gasteiger partial charge in [0.25, 0.3) is 0 Å². The molecule has 0 radical (unpaired) electrons. The minimum atomic E-state index is -0.533. The molecule has 0 saturated heterocycles. The van der Waals surface area contributed by atoms with Crippen LogP contribution in [0.2, 0.25) is 0 Å². The third kappa shape index (κ3) is 5.56. The summed E-state index contributed by atoms with van der Waals surface area (Å²) in [6, 6.07) is 10.0. The lowest BCUT2D eigenvalue weighted by Crippen LogP contribution is -2.41. The highest BCUT2D eigenvalue weighted by atomic mass is 16.6. The van der Waals surface area contributed by atoms with E-state index >= 15 is 0 Å². The zero-order chi connectivity index (χ0) is 21.8. The summed E-state index contributed by atoms with van der Waals surface area (Å²) in [7, 11) is 0. The Morgan fingerprint density at radius 2 is 1.93 bits per heavy atom. The van der Waals surface area contributed by atoms with Gasteiger partial charge in [-0.2, -0.15) is 0 Å². The van der Waals surface area contributed by atoms with Crippen molar-refractivity contribution >= 4 is 17.6 Å². The molecular formula is C23H32N4O2. The highest BCUT2D eigenvalue weighted by Crippen LogP contribution is 2.33. The predicted molar refractivity (Wildman–Crippen MR) is 118 cm³/mol. The van der Waals surface area contributed by atoms with E-state index in [1.807, 2.05) is 39.0 Å². The number of amides is 1. The number of carbonyl (C=O) groups is 1. The molecule has 2 aromatic rings. The number of nitrogens with one attached hydrogen (secondary N) is 2. The molecule has 1 aromatic heterocycles. The summed E-state index contributed by atoms with van der Waals surface area (Å²) in [6.07, 6.45) is 2.07. The van der Waals surface area contributed by atoms with Crippen LogP contribution in [0.1, 0.15) is 59.1 Å². The second kappa shape index (κ2) is 8.64. The Balaban J connectivity index is 2.35. The number of rotatable bonds is 6. The van der Waals surface area contributed by atoms with Crippen LogP contribution in [0.3, 0.4) is 0 Å². The largest absolute Gasteiger partial charge is 0.444 e. The molecule has 0 aliphatic carbocycles. The number of nitrogen functional groups attached to an aromatic ring is 1. The maximum Gasteiger partial charge on any atom is 0.407 e. The summed E-state index contributed by atoms with van der Waals surface area (Å²) in [6.45, 7) is 11.9. The van der Waals surface area contributed by atoms with Crippen molar-refractivity contribution in [2.75, 3.05) is 12.3 Å². The van der Waals surface area contributed by atoms with Crippen molar-refractivity contribution in [2.45, 2.75) is 59.0 Å². The highest BCUT2D eigenvalue weighted by molar-refractivity contribution is 6.06. The number of nitrogens with two attached hydrogens (primary N) is 1. The fourth-order valence-corrected chi connectivity index (χ4v) is 3.19. The van der Waals surface area contributed by atoms with E-state index in [-0.39, 0.29) is 5.41 Å². The molecule has 0 fully saturated rings. The molecule has 2 rings (SSSR count). The smallest absolute Gasteiger partial charge is 0.407 e. The van der Waals surface area contributed by atoms with Crippen molar-refractivity contribution in [1.29, 1.82) is 5.41 Å². The van der Waals surface area contributed by atoms with Crippen molar-refractivity contribution in [2.24, 2.45) is 0 Å². The van der Waals surface area contributed by atoms with Gasteiger partial charge in [0.15, 0.2) is 0 Å². The van der Waals surface area contributed by atoms with Crippen LogP contribution >= 0.6 is 0 Å². The van der Waals surface area contributed by atoms with Crippen LogP contribution in [0.4, 0.5) is 10.6 Å². The van der Waals surface area contributed by atoms with E-state index in [0.717, 1.165) is 23.1 Å². The third-order valence-electron chi connectivity index (χ3n) is 5.03. The molecule has 0 spiro atoms. The monoisotopic (exact) mass is 396 g/mol. The van der Waals surface area contributed by atoms with Gasteiger partial charge in [-0.05, 0) is 56.9 Å². The van der Waals surface area contributed by atoms with Gasteiger partial charge in [0, 0.05) is 29.4 Å². The van der Waals surface area contributed by atoms with Crippen LogP contribution in [0.5, 0.6) is 0 Å². The first kappa shape index (κ1) is 22.4. The van der Waals surface area contributed by atoms with Crippen molar-refractivity contribution < 1.29 is 9.53 Å². The second-order valence-electron chi connectivity index (χ2n) is 8.59. The molecule has 1 heterocycles. The molecule has 1 unspecified atom stereocenters. The number of hydrogen-bond acceptors (Lipinski definition) is 5. The minimum Gasteiger partial charge on any atom is -0.444 e. The van der Waals surface area contributed by atoms with Gasteiger partial charge < -0.3 is 21.2 Å². The minimum absolute atomic E-state index is 0.272. The highest BCUT2D eigenvalue weighted by Gasteiger charge is 2.27. The maximum absolute atomic E-state index is 12.1. The quantitative estimate of drug-likeness (QED) is 0.604. The van der Waals surface area contributed by atoms with E-state index < -0.39 is 11.7 Å². The number of nitrogens with zero attached hydrogens (tertiary/aromatic N) is 1. The molecule has 156 valence electrons. The van der Waals surface area contributed by atoms with Crippen molar-refractivity contribution in [3.63, 3.8) is 0 Å². The van der Waals surface area contributed by atoms with Crippen LogP contribution in [-0.2, 0) is 10.2 Å². The number of anilines is 1. The number of aromatic nitrogens is 1. The Morgan fingerprint density at radius 3 is 2.52 bits per heavy atom. The van der Waals surface area contributed by atoms with E-state index in [2.05, 4.69) is 36.3 Å².